The van der Waals surface area contributed by atoms with Crippen molar-refractivity contribution < 1.29 is 14.2 Å². The van der Waals surface area contributed by atoms with Crippen LogP contribution in [0.1, 0.15) is 24.2 Å². The van der Waals surface area contributed by atoms with E-state index in [9.17, 15) is 9.50 Å². The summed E-state index contributed by atoms with van der Waals surface area (Å²) in [6, 6.07) is 9.79. The van der Waals surface area contributed by atoms with Gasteiger partial charge in [-0.15, -0.1) is 0 Å². The molecule has 20 heavy (non-hydrogen) atoms. The Bertz CT molecular complexity index is 619. The lowest BCUT2D eigenvalue weighted by molar-refractivity contribution is 0.219. The normalized spacial score (nSPS) is 12.2. The van der Waals surface area contributed by atoms with E-state index >= 15 is 0 Å². The Morgan fingerprint density at radius 1 is 1.30 bits per heavy atom. The third-order valence-electron chi connectivity index (χ3n) is 2.83. The summed E-state index contributed by atoms with van der Waals surface area (Å²) >= 11 is 5.44. The van der Waals surface area contributed by atoms with Crippen molar-refractivity contribution >= 4 is 38.5 Å². The molecule has 106 valence electrons. The van der Waals surface area contributed by atoms with Crippen molar-refractivity contribution in [3.05, 3.63) is 61.4 Å². The minimum Gasteiger partial charge on any atom is -0.493 e. The highest BCUT2D eigenvalue weighted by Crippen LogP contribution is 2.32. The average molecular weight is 451 g/mol. The van der Waals surface area contributed by atoms with Crippen molar-refractivity contribution in [3.63, 3.8) is 0 Å². The van der Waals surface area contributed by atoms with Crippen molar-refractivity contribution in [3.8, 4) is 5.75 Å². The van der Waals surface area contributed by atoms with Crippen LogP contribution in [-0.2, 0) is 0 Å². The monoisotopic (exact) mass is 450 g/mol. The smallest absolute Gasteiger partial charge is 0.133 e. The van der Waals surface area contributed by atoms with Gasteiger partial charge in [-0.1, -0.05) is 12.1 Å². The van der Waals surface area contributed by atoms with Gasteiger partial charge < -0.3 is 9.84 Å². The highest BCUT2D eigenvalue weighted by Gasteiger charge is 2.15. The molecule has 0 aliphatic heterocycles. The van der Waals surface area contributed by atoms with Gasteiger partial charge in [-0.05, 0) is 80.8 Å². The van der Waals surface area contributed by atoms with Crippen molar-refractivity contribution in [1.29, 1.82) is 0 Å². The topological polar surface area (TPSA) is 29.5 Å². The van der Waals surface area contributed by atoms with Gasteiger partial charge in [-0.2, -0.15) is 0 Å². The molecule has 0 fully saturated rings. The molecule has 2 rings (SSSR count). The van der Waals surface area contributed by atoms with Crippen molar-refractivity contribution in [2.45, 2.75) is 13.0 Å². The van der Waals surface area contributed by atoms with Gasteiger partial charge in [0, 0.05) is 3.57 Å². The number of hydrogen-bond donors (Lipinski definition) is 1. The van der Waals surface area contributed by atoms with Gasteiger partial charge in [-0.25, -0.2) is 4.39 Å². The van der Waals surface area contributed by atoms with Crippen LogP contribution in [0.25, 0.3) is 0 Å². The number of ether oxygens (including phenoxy) is 1. The highest BCUT2D eigenvalue weighted by molar-refractivity contribution is 14.1. The predicted molar refractivity (Wildman–Crippen MR) is 88.5 cm³/mol. The van der Waals surface area contributed by atoms with E-state index in [0.29, 0.717) is 15.7 Å². The molecule has 0 amide bonds. The van der Waals surface area contributed by atoms with Crippen LogP contribution in [0, 0.1) is 9.39 Å². The molecule has 0 aliphatic rings. The van der Waals surface area contributed by atoms with Crippen LogP contribution in [-0.4, -0.2) is 11.7 Å². The lowest BCUT2D eigenvalue weighted by Crippen LogP contribution is -2.03. The summed E-state index contributed by atoms with van der Waals surface area (Å²) in [5.74, 6) is 0.426. The van der Waals surface area contributed by atoms with Crippen molar-refractivity contribution in [2.24, 2.45) is 0 Å². The molecule has 0 aromatic heterocycles. The van der Waals surface area contributed by atoms with E-state index in [4.69, 9.17) is 4.74 Å². The van der Waals surface area contributed by atoms with Crippen LogP contribution in [0.15, 0.2) is 40.9 Å². The van der Waals surface area contributed by atoms with E-state index < -0.39 is 6.10 Å². The first-order chi connectivity index (χ1) is 9.52. The van der Waals surface area contributed by atoms with Gasteiger partial charge >= 0.3 is 0 Å². The Kier molecular flexibility index (Phi) is 5.40. The minimum absolute atomic E-state index is 0.307. The molecular weight excluding hydrogens is 438 g/mol. The van der Waals surface area contributed by atoms with Crippen molar-refractivity contribution in [2.75, 3.05) is 6.61 Å². The number of benzene rings is 2. The summed E-state index contributed by atoms with van der Waals surface area (Å²) in [5, 5.41) is 10.4. The molecule has 1 atom stereocenters. The van der Waals surface area contributed by atoms with E-state index in [0.717, 1.165) is 15.8 Å². The first-order valence-electron chi connectivity index (χ1n) is 6.08. The fourth-order valence-electron chi connectivity index (χ4n) is 1.86. The molecule has 2 aromatic carbocycles. The molecule has 0 heterocycles. The first-order valence-corrected chi connectivity index (χ1v) is 7.95. The third-order valence-corrected chi connectivity index (χ3v) is 4.38. The molecule has 0 saturated carbocycles. The summed E-state index contributed by atoms with van der Waals surface area (Å²) in [5.41, 5.74) is 1.41. The van der Waals surface area contributed by atoms with Crippen LogP contribution in [0.3, 0.4) is 0 Å². The van der Waals surface area contributed by atoms with E-state index in [2.05, 4.69) is 15.9 Å². The molecule has 0 aliphatic carbocycles. The zero-order valence-electron chi connectivity index (χ0n) is 10.7. The zero-order valence-corrected chi connectivity index (χ0v) is 14.5. The van der Waals surface area contributed by atoms with Gasteiger partial charge in [-0.3, -0.25) is 0 Å². The highest BCUT2D eigenvalue weighted by atomic mass is 127. The quantitative estimate of drug-likeness (QED) is 0.685. The molecule has 0 bridgehead atoms. The molecule has 1 N–H and O–H groups in total. The Balaban J connectivity index is 2.33. The first kappa shape index (κ1) is 15.7. The van der Waals surface area contributed by atoms with Crippen LogP contribution in [0.4, 0.5) is 4.39 Å². The maximum Gasteiger partial charge on any atom is 0.133 e. The second kappa shape index (κ2) is 6.87. The Morgan fingerprint density at radius 2 is 2.05 bits per heavy atom. The number of halogens is 3. The van der Waals surface area contributed by atoms with E-state index in [1.54, 1.807) is 12.1 Å². The lowest BCUT2D eigenvalue weighted by atomic mass is 10.0. The average Bonchev–Trinajstić information content (AvgIpc) is 2.40. The van der Waals surface area contributed by atoms with Gasteiger partial charge in [0.1, 0.15) is 17.7 Å². The van der Waals surface area contributed by atoms with Crippen LogP contribution in [0.2, 0.25) is 0 Å². The minimum atomic E-state index is -0.797. The lowest BCUT2D eigenvalue weighted by Gasteiger charge is -2.15. The van der Waals surface area contributed by atoms with Gasteiger partial charge in [0.15, 0.2) is 0 Å². The Morgan fingerprint density at radius 3 is 2.65 bits per heavy atom. The van der Waals surface area contributed by atoms with Gasteiger partial charge in [0.05, 0.1) is 11.1 Å². The van der Waals surface area contributed by atoms with Crippen LogP contribution >= 0.6 is 38.5 Å². The van der Waals surface area contributed by atoms with Gasteiger partial charge in [0.2, 0.25) is 0 Å². The maximum atomic E-state index is 13.1. The molecule has 5 heteroatoms. The standard InChI is InChI=1S/C15H13BrFIO2/c1-2-20-14-6-3-9(7-12(14)16)15(19)11-5-4-10(17)8-13(11)18/h3-8,15,19H,2H2,1H3. The fourth-order valence-corrected chi connectivity index (χ4v) is 3.15. The van der Waals surface area contributed by atoms with Crippen LogP contribution < -0.4 is 4.74 Å². The van der Waals surface area contributed by atoms with Crippen LogP contribution in [0.5, 0.6) is 5.75 Å². The van der Waals surface area contributed by atoms with E-state index in [1.807, 2.05) is 41.6 Å². The maximum absolute atomic E-state index is 13.1. The Hall–Kier alpha value is -0.660. The number of aliphatic hydroxyl groups excluding tert-OH is 1. The summed E-state index contributed by atoms with van der Waals surface area (Å²) in [6.45, 7) is 2.49. The fraction of sp³-hybridized carbons (Fsp3) is 0.200. The van der Waals surface area contributed by atoms with E-state index in [1.165, 1.54) is 12.1 Å². The Labute approximate surface area is 139 Å². The SMILES string of the molecule is CCOc1ccc(C(O)c2ccc(F)cc2I)cc1Br. The molecule has 0 spiro atoms. The second-order valence-corrected chi connectivity index (χ2v) is 6.21. The molecular formula is C15H13BrFIO2. The largest absolute Gasteiger partial charge is 0.493 e. The molecule has 2 nitrogen and oxygen atoms in total. The summed E-state index contributed by atoms with van der Waals surface area (Å²) in [4.78, 5) is 0. The third kappa shape index (κ3) is 3.51. The molecule has 0 saturated heterocycles. The van der Waals surface area contributed by atoms with E-state index in [-0.39, 0.29) is 5.82 Å². The summed E-state index contributed by atoms with van der Waals surface area (Å²) in [6.07, 6.45) is -0.797. The molecule has 1 unspecified atom stereocenters. The zero-order chi connectivity index (χ0) is 14.7. The summed E-state index contributed by atoms with van der Waals surface area (Å²) < 4.78 is 20.0. The van der Waals surface area contributed by atoms with Crippen molar-refractivity contribution in [1.82, 2.24) is 0 Å². The predicted octanol–water partition coefficient (Wildman–Crippen LogP) is 4.67. The molecule has 2 aromatic rings. The summed E-state index contributed by atoms with van der Waals surface area (Å²) in [7, 11) is 0. The number of hydrogen-bond acceptors (Lipinski definition) is 2. The van der Waals surface area contributed by atoms with Gasteiger partial charge in [0.25, 0.3) is 0 Å². The number of aliphatic hydroxyl groups is 1. The molecule has 0 radical (unpaired) electrons. The number of rotatable bonds is 4. The second-order valence-electron chi connectivity index (χ2n) is 4.19.